The van der Waals surface area contributed by atoms with Crippen molar-refractivity contribution in [2.45, 2.75) is 0 Å². The average molecular weight is 433 g/mol. The lowest BCUT2D eigenvalue weighted by Gasteiger charge is -2.08. The SMILES string of the molecule is COc1ccc(NC(=O)COc2ccc(/C=N/Nc3nc4ccccc4s3)cc2)cc1. The number of hydrogen-bond donors (Lipinski definition) is 2. The Morgan fingerprint density at radius 1 is 1.03 bits per heavy atom. The van der Waals surface area contributed by atoms with Crippen LogP contribution in [0.3, 0.4) is 0 Å². The van der Waals surface area contributed by atoms with Gasteiger partial charge in [0, 0.05) is 5.69 Å². The lowest BCUT2D eigenvalue weighted by atomic mass is 10.2. The maximum absolute atomic E-state index is 12.0. The van der Waals surface area contributed by atoms with Crippen molar-refractivity contribution in [2.75, 3.05) is 24.5 Å². The fourth-order valence-electron chi connectivity index (χ4n) is 2.75. The van der Waals surface area contributed by atoms with E-state index in [2.05, 4.69) is 20.8 Å². The van der Waals surface area contributed by atoms with Crippen LogP contribution in [-0.4, -0.2) is 30.8 Å². The molecule has 156 valence electrons. The molecule has 1 heterocycles. The third-order valence-corrected chi connectivity index (χ3v) is 5.23. The molecule has 0 aliphatic carbocycles. The second-order valence-corrected chi connectivity index (χ2v) is 7.52. The minimum absolute atomic E-state index is 0.0847. The Morgan fingerprint density at radius 2 is 1.77 bits per heavy atom. The Hall–Kier alpha value is -3.91. The number of thiazole rings is 1. The van der Waals surface area contributed by atoms with Crippen LogP contribution in [-0.2, 0) is 4.79 Å². The van der Waals surface area contributed by atoms with Gasteiger partial charge in [0.2, 0.25) is 5.13 Å². The van der Waals surface area contributed by atoms with Crippen molar-refractivity contribution in [1.82, 2.24) is 4.98 Å². The third kappa shape index (κ3) is 5.58. The highest BCUT2D eigenvalue weighted by atomic mass is 32.1. The zero-order chi connectivity index (χ0) is 21.5. The Bertz CT molecular complexity index is 1150. The van der Waals surface area contributed by atoms with Gasteiger partial charge in [-0.15, -0.1) is 0 Å². The minimum atomic E-state index is -0.240. The predicted molar refractivity (Wildman–Crippen MR) is 124 cm³/mol. The Labute approximate surface area is 183 Å². The summed E-state index contributed by atoms with van der Waals surface area (Å²) >= 11 is 1.55. The molecule has 3 aromatic carbocycles. The molecular weight excluding hydrogens is 412 g/mol. The fraction of sp³-hybridized carbons (Fsp3) is 0.0870. The quantitative estimate of drug-likeness (QED) is 0.310. The lowest BCUT2D eigenvalue weighted by molar-refractivity contribution is -0.118. The molecule has 0 saturated carbocycles. The second kappa shape index (κ2) is 9.73. The smallest absolute Gasteiger partial charge is 0.262 e. The molecule has 1 amide bonds. The number of amides is 1. The molecule has 4 aromatic rings. The number of carbonyl (C=O) groups is 1. The zero-order valence-electron chi connectivity index (χ0n) is 16.7. The summed E-state index contributed by atoms with van der Waals surface area (Å²) in [4.78, 5) is 16.5. The van der Waals surface area contributed by atoms with Gasteiger partial charge in [0.25, 0.3) is 5.91 Å². The van der Waals surface area contributed by atoms with Gasteiger partial charge in [0.1, 0.15) is 11.5 Å². The molecule has 0 radical (unpaired) electrons. The van der Waals surface area contributed by atoms with E-state index in [1.807, 2.05) is 36.4 Å². The van der Waals surface area contributed by atoms with Gasteiger partial charge in [-0.05, 0) is 66.2 Å². The van der Waals surface area contributed by atoms with Crippen LogP contribution in [0, 0.1) is 0 Å². The van der Waals surface area contributed by atoms with Gasteiger partial charge >= 0.3 is 0 Å². The van der Waals surface area contributed by atoms with Crippen LogP contribution < -0.4 is 20.2 Å². The summed E-state index contributed by atoms with van der Waals surface area (Å²) in [5.41, 5.74) is 5.47. The summed E-state index contributed by atoms with van der Waals surface area (Å²) in [6, 6.07) is 22.3. The molecule has 0 atom stereocenters. The summed E-state index contributed by atoms with van der Waals surface area (Å²) in [5, 5.41) is 7.74. The third-order valence-electron chi connectivity index (χ3n) is 4.29. The average Bonchev–Trinajstić information content (AvgIpc) is 3.22. The van der Waals surface area contributed by atoms with Crippen LogP contribution in [0.2, 0.25) is 0 Å². The first-order valence-electron chi connectivity index (χ1n) is 9.51. The molecular formula is C23H20N4O3S. The van der Waals surface area contributed by atoms with Crippen molar-refractivity contribution in [3.8, 4) is 11.5 Å². The van der Waals surface area contributed by atoms with E-state index in [-0.39, 0.29) is 12.5 Å². The van der Waals surface area contributed by atoms with Gasteiger partial charge in [-0.3, -0.25) is 10.2 Å². The topological polar surface area (TPSA) is 84.8 Å². The normalized spacial score (nSPS) is 10.9. The fourth-order valence-corrected chi connectivity index (χ4v) is 3.57. The van der Waals surface area contributed by atoms with E-state index < -0.39 is 0 Å². The first-order valence-corrected chi connectivity index (χ1v) is 10.3. The number of nitrogens with zero attached hydrogens (tertiary/aromatic N) is 2. The Balaban J connectivity index is 1.25. The summed E-state index contributed by atoms with van der Waals surface area (Å²) in [5.74, 6) is 1.09. The molecule has 0 saturated heterocycles. The highest BCUT2D eigenvalue weighted by Gasteiger charge is 2.04. The molecule has 7 nitrogen and oxygen atoms in total. The number of nitrogens with one attached hydrogen (secondary N) is 2. The number of para-hydroxylation sites is 1. The van der Waals surface area contributed by atoms with E-state index in [0.29, 0.717) is 11.4 Å². The van der Waals surface area contributed by atoms with Gasteiger partial charge < -0.3 is 14.8 Å². The Morgan fingerprint density at radius 3 is 2.52 bits per heavy atom. The molecule has 8 heteroatoms. The zero-order valence-corrected chi connectivity index (χ0v) is 17.6. The summed E-state index contributed by atoms with van der Waals surface area (Å²) in [6.07, 6.45) is 1.70. The number of methoxy groups -OCH3 is 1. The Kier molecular flexibility index (Phi) is 6.39. The van der Waals surface area contributed by atoms with E-state index in [9.17, 15) is 4.79 Å². The number of fused-ring (bicyclic) bond motifs is 1. The van der Waals surface area contributed by atoms with Crippen LogP contribution in [0.4, 0.5) is 10.8 Å². The summed E-state index contributed by atoms with van der Waals surface area (Å²) < 4.78 is 11.7. The molecule has 1 aromatic heterocycles. The first kappa shape index (κ1) is 20.4. The van der Waals surface area contributed by atoms with Crippen LogP contribution in [0.25, 0.3) is 10.2 Å². The number of carbonyl (C=O) groups excluding carboxylic acids is 1. The van der Waals surface area contributed by atoms with E-state index in [1.165, 1.54) is 0 Å². The van der Waals surface area contributed by atoms with Crippen molar-refractivity contribution >= 4 is 44.5 Å². The van der Waals surface area contributed by atoms with Gasteiger partial charge in [0.05, 0.1) is 23.5 Å². The summed E-state index contributed by atoms with van der Waals surface area (Å²) in [7, 11) is 1.59. The van der Waals surface area contributed by atoms with Crippen molar-refractivity contribution in [3.63, 3.8) is 0 Å². The van der Waals surface area contributed by atoms with E-state index >= 15 is 0 Å². The maximum atomic E-state index is 12.0. The second-order valence-electron chi connectivity index (χ2n) is 6.49. The standard InChI is InChI=1S/C23H20N4O3S/c1-29-18-12-8-17(9-13-18)25-22(28)15-30-19-10-6-16(7-11-19)14-24-27-23-26-20-4-2-3-5-21(20)31-23/h2-14H,15H2,1H3,(H,25,28)(H,26,27)/b24-14+. The maximum Gasteiger partial charge on any atom is 0.262 e. The number of anilines is 2. The monoisotopic (exact) mass is 432 g/mol. The number of benzene rings is 3. The number of hydrogen-bond acceptors (Lipinski definition) is 7. The molecule has 31 heavy (non-hydrogen) atoms. The molecule has 0 bridgehead atoms. The van der Waals surface area contributed by atoms with Crippen molar-refractivity contribution in [2.24, 2.45) is 5.10 Å². The first-order chi connectivity index (χ1) is 15.2. The van der Waals surface area contributed by atoms with Crippen molar-refractivity contribution in [3.05, 3.63) is 78.4 Å². The highest BCUT2D eigenvalue weighted by molar-refractivity contribution is 7.22. The van der Waals surface area contributed by atoms with Gasteiger partial charge in [0.15, 0.2) is 6.61 Å². The van der Waals surface area contributed by atoms with Crippen LogP contribution >= 0.6 is 11.3 Å². The van der Waals surface area contributed by atoms with E-state index in [0.717, 1.165) is 26.7 Å². The number of hydrazone groups is 1. The molecule has 4 rings (SSSR count). The lowest BCUT2D eigenvalue weighted by Crippen LogP contribution is -2.20. The van der Waals surface area contributed by atoms with Crippen molar-refractivity contribution < 1.29 is 14.3 Å². The van der Waals surface area contributed by atoms with Crippen LogP contribution in [0.15, 0.2) is 77.9 Å². The summed E-state index contributed by atoms with van der Waals surface area (Å²) in [6.45, 7) is -0.0847. The van der Waals surface area contributed by atoms with Crippen LogP contribution in [0.1, 0.15) is 5.56 Å². The molecule has 0 fully saturated rings. The van der Waals surface area contributed by atoms with Crippen LogP contribution in [0.5, 0.6) is 11.5 Å². The number of ether oxygens (including phenoxy) is 2. The molecule has 2 N–H and O–H groups in total. The number of rotatable bonds is 8. The number of aromatic nitrogens is 1. The van der Waals surface area contributed by atoms with Crippen molar-refractivity contribution in [1.29, 1.82) is 0 Å². The van der Waals surface area contributed by atoms with Gasteiger partial charge in [-0.25, -0.2) is 4.98 Å². The largest absolute Gasteiger partial charge is 0.497 e. The molecule has 0 aliphatic heterocycles. The molecule has 0 unspecified atom stereocenters. The minimum Gasteiger partial charge on any atom is -0.497 e. The van der Waals surface area contributed by atoms with E-state index in [4.69, 9.17) is 9.47 Å². The highest BCUT2D eigenvalue weighted by Crippen LogP contribution is 2.25. The van der Waals surface area contributed by atoms with E-state index in [1.54, 1.807) is 61.1 Å². The molecule has 0 spiro atoms. The van der Waals surface area contributed by atoms with Gasteiger partial charge in [-0.2, -0.15) is 5.10 Å². The molecule has 0 aliphatic rings. The predicted octanol–water partition coefficient (Wildman–Crippen LogP) is 4.77. The van der Waals surface area contributed by atoms with Gasteiger partial charge in [-0.1, -0.05) is 23.5 Å².